The summed E-state index contributed by atoms with van der Waals surface area (Å²) in [6.45, 7) is 1.54. The first-order valence-corrected chi connectivity index (χ1v) is 6.87. The number of likely N-dealkylation sites (tertiary alicyclic amines) is 1. The Hall–Kier alpha value is -1.68. The molecular weight excluding hydrogens is 262 g/mol. The summed E-state index contributed by atoms with van der Waals surface area (Å²) in [7, 11) is 0. The fraction of sp³-hybridized carbons (Fsp3) is 0.357. The number of halogens is 1. The Balaban J connectivity index is 1.85. The molecule has 1 fully saturated rings. The van der Waals surface area contributed by atoms with Crippen LogP contribution in [0.1, 0.15) is 16.8 Å². The first-order valence-electron chi connectivity index (χ1n) is 6.34. The molecule has 1 aromatic carbocycles. The molecule has 2 aromatic rings. The van der Waals surface area contributed by atoms with Crippen LogP contribution in [0, 0.1) is 5.92 Å². The Labute approximate surface area is 116 Å². The Kier molecular flexibility index (Phi) is 3.34. The molecule has 0 spiro atoms. The zero-order valence-electron chi connectivity index (χ0n) is 10.4. The summed E-state index contributed by atoms with van der Waals surface area (Å²) in [6, 6.07) is 5.46. The monoisotopic (exact) mass is 275 g/mol. The number of hydrogen-bond acceptors (Lipinski definition) is 3. The van der Waals surface area contributed by atoms with Gasteiger partial charge in [-0.25, -0.2) is 0 Å². The van der Waals surface area contributed by atoms with Gasteiger partial charge in [0.15, 0.2) is 0 Å². The molecule has 2 heterocycles. The summed E-state index contributed by atoms with van der Waals surface area (Å²) in [6.07, 6.45) is 4.27. The summed E-state index contributed by atoms with van der Waals surface area (Å²) >= 11 is 5.85. The predicted octanol–water partition coefficient (Wildman–Crippen LogP) is 2.33. The van der Waals surface area contributed by atoms with Crippen LogP contribution in [0.4, 0.5) is 0 Å². The zero-order valence-corrected chi connectivity index (χ0v) is 11.2. The van der Waals surface area contributed by atoms with Gasteiger partial charge in [0.25, 0.3) is 5.91 Å². The summed E-state index contributed by atoms with van der Waals surface area (Å²) < 4.78 is 0. The molecule has 4 nitrogen and oxygen atoms in total. The van der Waals surface area contributed by atoms with Gasteiger partial charge in [0.1, 0.15) is 0 Å². The smallest absolute Gasteiger partial charge is 0.253 e. The molecule has 0 N–H and O–H groups in total. The van der Waals surface area contributed by atoms with Crippen molar-refractivity contribution in [3.8, 4) is 0 Å². The van der Waals surface area contributed by atoms with E-state index in [2.05, 4.69) is 9.97 Å². The number of amides is 1. The maximum Gasteiger partial charge on any atom is 0.253 e. The molecule has 1 aromatic heterocycles. The summed E-state index contributed by atoms with van der Waals surface area (Å²) in [5.74, 6) is 1.10. The van der Waals surface area contributed by atoms with Crippen molar-refractivity contribution in [1.82, 2.24) is 14.9 Å². The van der Waals surface area contributed by atoms with Gasteiger partial charge in [-0.2, -0.15) is 0 Å². The van der Waals surface area contributed by atoms with Crippen LogP contribution in [0.3, 0.4) is 0 Å². The van der Waals surface area contributed by atoms with E-state index in [4.69, 9.17) is 11.6 Å². The van der Waals surface area contributed by atoms with Gasteiger partial charge < -0.3 is 4.90 Å². The highest BCUT2D eigenvalue weighted by Crippen LogP contribution is 2.20. The van der Waals surface area contributed by atoms with Crippen LogP contribution >= 0.6 is 11.6 Å². The van der Waals surface area contributed by atoms with Crippen molar-refractivity contribution in [2.75, 3.05) is 19.0 Å². The molecule has 19 heavy (non-hydrogen) atoms. The van der Waals surface area contributed by atoms with Gasteiger partial charge in [-0.05, 0) is 30.5 Å². The molecule has 0 saturated carbocycles. The first-order chi connectivity index (χ1) is 9.28. The number of aromatic nitrogens is 2. The number of hydrogen-bond donors (Lipinski definition) is 0. The third-order valence-electron chi connectivity index (χ3n) is 3.51. The van der Waals surface area contributed by atoms with Crippen molar-refractivity contribution in [1.29, 1.82) is 0 Å². The minimum atomic E-state index is 0.0557. The van der Waals surface area contributed by atoms with Crippen LogP contribution in [0.2, 0.25) is 0 Å². The van der Waals surface area contributed by atoms with Crippen LogP contribution in [-0.2, 0) is 0 Å². The SMILES string of the molecule is O=C(c1ccc2nccnc2c1)N1CCC(CCl)C1. The molecular formula is C14H14ClN3O. The number of carbonyl (C=O) groups excluding carboxylic acids is 1. The lowest BCUT2D eigenvalue weighted by Crippen LogP contribution is -2.28. The molecule has 1 aliphatic heterocycles. The Bertz CT molecular complexity index is 616. The summed E-state index contributed by atoms with van der Waals surface area (Å²) in [5.41, 5.74) is 2.23. The van der Waals surface area contributed by atoms with E-state index in [0.29, 0.717) is 17.4 Å². The second-order valence-electron chi connectivity index (χ2n) is 4.82. The normalized spacial score (nSPS) is 19.0. The maximum absolute atomic E-state index is 12.4. The topological polar surface area (TPSA) is 46.1 Å². The third kappa shape index (κ3) is 2.40. The predicted molar refractivity (Wildman–Crippen MR) is 74.3 cm³/mol. The minimum absolute atomic E-state index is 0.0557. The van der Waals surface area contributed by atoms with Crippen LogP contribution in [0.5, 0.6) is 0 Å². The molecule has 98 valence electrons. The third-order valence-corrected chi connectivity index (χ3v) is 3.94. The lowest BCUT2D eigenvalue weighted by molar-refractivity contribution is 0.0788. The van der Waals surface area contributed by atoms with E-state index in [-0.39, 0.29) is 5.91 Å². The average molecular weight is 276 g/mol. The van der Waals surface area contributed by atoms with Crippen LogP contribution in [-0.4, -0.2) is 39.7 Å². The molecule has 1 unspecified atom stereocenters. The highest BCUT2D eigenvalue weighted by atomic mass is 35.5. The van der Waals surface area contributed by atoms with E-state index in [9.17, 15) is 4.79 Å². The van der Waals surface area contributed by atoms with Gasteiger partial charge in [-0.3, -0.25) is 14.8 Å². The van der Waals surface area contributed by atoms with Gasteiger partial charge in [-0.1, -0.05) is 0 Å². The Morgan fingerprint density at radius 1 is 1.32 bits per heavy atom. The second-order valence-corrected chi connectivity index (χ2v) is 5.13. The average Bonchev–Trinajstić information content (AvgIpc) is 2.95. The fourth-order valence-electron chi connectivity index (χ4n) is 2.42. The van der Waals surface area contributed by atoms with E-state index in [1.54, 1.807) is 18.5 Å². The molecule has 3 rings (SSSR count). The second kappa shape index (κ2) is 5.13. The number of nitrogens with zero attached hydrogens (tertiary/aromatic N) is 3. The highest BCUT2D eigenvalue weighted by molar-refractivity contribution is 6.18. The minimum Gasteiger partial charge on any atom is -0.338 e. The van der Waals surface area contributed by atoms with E-state index in [1.807, 2.05) is 17.0 Å². The summed E-state index contributed by atoms with van der Waals surface area (Å²) in [5, 5.41) is 0. The van der Waals surface area contributed by atoms with Crippen molar-refractivity contribution in [2.45, 2.75) is 6.42 Å². The first kappa shape index (κ1) is 12.4. The fourth-order valence-corrected chi connectivity index (χ4v) is 2.67. The lowest BCUT2D eigenvalue weighted by Gasteiger charge is -2.16. The molecule has 0 aliphatic carbocycles. The van der Waals surface area contributed by atoms with E-state index in [0.717, 1.165) is 30.5 Å². The Morgan fingerprint density at radius 2 is 2.11 bits per heavy atom. The standard InChI is InChI=1S/C14H14ClN3O/c15-8-10-3-6-18(9-10)14(19)11-1-2-12-13(7-11)17-5-4-16-12/h1-2,4-5,7,10H,3,6,8-9H2. The van der Waals surface area contributed by atoms with Crippen molar-refractivity contribution < 1.29 is 4.79 Å². The quantitative estimate of drug-likeness (QED) is 0.790. The van der Waals surface area contributed by atoms with E-state index >= 15 is 0 Å². The number of benzene rings is 1. The van der Waals surface area contributed by atoms with Crippen molar-refractivity contribution in [2.24, 2.45) is 5.92 Å². The number of fused-ring (bicyclic) bond motifs is 1. The maximum atomic E-state index is 12.4. The van der Waals surface area contributed by atoms with Crippen LogP contribution < -0.4 is 0 Å². The number of rotatable bonds is 2. The zero-order chi connectivity index (χ0) is 13.2. The molecule has 1 amide bonds. The Morgan fingerprint density at radius 3 is 2.84 bits per heavy atom. The van der Waals surface area contributed by atoms with Crippen LogP contribution in [0.25, 0.3) is 11.0 Å². The molecule has 1 aliphatic rings. The molecule has 0 bridgehead atoms. The van der Waals surface area contributed by atoms with E-state index < -0.39 is 0 Å². The highest BCUT2D eigenvalue weighted by Gasteiger charge is 2.26. The molecule has 0 radical (unpaired) electrons. The van der Waals surface area contributed by atoms with Gasteiger partial charge in [0.05, 0.1) is 11.0 Å². The summed E-state index contributed by atoms with van der Waals surface area (Å²) in [4.78, 5) is 22.7. The van der Waals surface area contributed by atoms with Crippen LogP contribution in [0.15, 0.2) is 30.6 Å². The molecule has 5 heteroatoms. The number of carbonyl (C=O) groups is 1. The van der Waals surface area contributed by atoms with E-state index in [1.165, 1.54) is 0 Å². The van der Waals surface area contributed by atoms with Crippen molar-refractivity contribution >= 4 is 28.5 Å². The van der Waals surface area contributed by atoms with Gasteiger partial charge in [0, 0.05) is 36.9 Å². The van der Waals surface area contributed by atoms with Crippen molar-refractivity contribution in [3.63, 3.8) is 0 Å². The van der Waals surface area contributed by atoms with Crippen molar-refractivity contribution in [3.05, 3.63) is 36.2 Å². The van der Waals surface area contributed by atoms with Gasteiger partial charge in [-0.15, -0.1) is 11.6 Å². The lowest BCUT2D eigenvalue weighted by atomic mass is 10.1. The molecule has 1 atom stereocenters. The number of alkyl halides is 1. The van der Waals surface area contributed by atoms with Gasteiger partial charge >= 0.3 is 0 Å². The molecule has 1 saturated heterocycles. The van der Waals surface area contributed by atoms with Gasteiger partial charge in [0.2, 0.25) is 0 Å². The largest absolute Gasteiger partial charge is 0.338 e.